The van der Waals surface area contributed by atoms with Gasteiger partial charge < -0.3 is 103 Å². The van der Waals surface area contributed by atoms with E-state index in [9.17, 15) is 70.2 Å². The second-order valence-electron chi connectivity index (χ2n) is 18.1. The fraction of sp³-hybridized carbons (Fsp3) is 0.462. The first-order valence-electron chi connectivity index (χ1n) is 24.3. The molecule has 4 fully saturated rings. The third kappa shape index (κ3) is 13.0. The maximum atomic E-state index is 14.1. The summed E-state index contributed by atoms with van der Waals surface area (Å²) >= 11 is 0. The van der Waals surface area contributed by atoms with Gasteiger partial charge in [0.25, 0.3) is 0 Å². The van der Waals surface area contributed by atoms with E-state index in [1.54, 1.807) is 24.3 Å². The SMILES string of the molecule is O=C(OC1[C@H](O[C@@H]2C(OC(=O)c3ccccc3)[C@H](O[C@@H]3C(OC(=O)c4ccccc4)[C@H](O[C@@H]4C(OC(=O)c5ccccc5)[C@H](O)OC(CO)[C@H]4O)OC(CO)[C@H]3O)OC(CO)[C@H]2O)OC(CO)[C@@H](O)[C@@H]1O)c1ccccc1. The molecule has 25 nitrogen and oxygen atoms in total. The average molecular weight is 1080 g/mol. The molecular weight excluding hydrogens is 1020 g/mol. The second kappa shape index (κ2) is 26.2. The van der Waals surface area contributed by atoms with Crippen molar-refractivity contribution in [3.05, 3.63) is 144 Å². The molecule has 4 aliphatic rings. The molecule has 0 bridgehead atoms. The highest BCUT2D eigenvalue weighted by Gasteiger charge is 2.59. The number of rotatable bonds is 18. The Kier molecular flexibility index (Phi) is 19.4. The smallest absolute Gasteiger partial charge is 0.338 e. The highest BCUT2D eigenvalue weighted by molar-refractivity contribution is 5.91. The van der Waals surface area contributed by atoms with Crippen molar-refractivity contribution in [1.82, 2.24) is 0 Å². The van der Waals surface area contributed by atoms with Gasteiger partial charge in [0.1, 0.15) is 73.2 Å². The van der Waals surface area contributed by atoms with Gasteiger partial charge >= 0.3 is 23.9 Å². The van der Waals surface area contributed by atoms with Crippen molar-refractivity contribution in [2.45, 2.75) is 123 Å². The van der Waals surface area contributed by atoms with Gasteiger partial charge in [0, 0.05) is 0 Å². The van der Waals surface area contributed by atoms with Crippen molar-refractivity contribution in [3.8, 4) is 0 Å². The van der Waals surface area contributed by atoms with Crippen LogP contribution >= 0.6 is 0 Å². The fourth-order valence-corrected chi connectivity index (χ4v) is 9.02. The van der Waals surface area contributed by atoms with Crippen molar-refractivity contribution in [3.63, 3.8) is 0 Å². The lowest BCUT2D eigenvalue weighted by Crippen LogP contribution is -2.69. The molecule has 0 amide bonds. The number of carbonyl (C=O) groups is 4. The Hall–Kier alpha value is -5.92. The summed E-state index contributed by atoms with van der Waals surface area (Å²) < 4.78 is 65.3. The van der Waals surface area contributed by atoms with Gasteiger partial charge in [0.05, 0.1) is 48.7 Å². The minimum absolute atomic E-state index is 0.0120. The monoisotopic (exact) mass is 1080 g/mol. The van der Waals surface area contributed by atoms with E-state index in [0.717, 1.165) is 0 Å². The van der Waals surface area contributed by atoms with E-state index in [-0.39, 0.29) is 22.3 Å². The summed E-state index contributed by atoms with van der Waals surface area (Å²) in [5, 5.41) is 111. The van der Waals surface area contributed by atoms with Crippen LogP contribution in [0.2, 0.25) is 0 Å². The predicted molar refractivity (Wildman–Crippen MR) is 252 cm³/mol. The summed E-state index contributed by atoms with van der Waals surface area (Å²) in [5.41, 5.74) is -0.222. The summed E-state index contributed by atoms with van der Waals surface area (Å²) in [6.07, 6.45) is -39.6. The summed E-state index contributed by atoms with van der Waals surface area (Å²) in [6.45, 7) is -3.96. The standard InChI is InChI=1S/C52H58O25/c53-21-29-33(57)37(61)41(71-45(62)25-13-5-1-6-14-25)50(68-29)76-39-35(59)31(23-55)70-52(43(39)73-47(64)27-17-9-3-10-18-27)77-40-36(60)32(24-56)69-51(44(40)74-48(65)28-19-11-4-12-20-28)75-38-34(58)30(22-54)67-49(66)42(38)72-46(63)26-15-7-2-8-16-26/h1-20,29-44,49-61,66H,21-24H2/t29?,30?,31?,32?,33-,34-,35-,36-,37+,38+,39+,40+,41?,42?,43?,44?,49-,50+,51+,52+/m1/s1. The molecule has 77 heavy (non-hydrogen) atoms. The summed E-state index contributed by atoms with van der Waals surface area (Å²) in [5.74, 6) is -4.35. The Morgan fingerprint density at radius 2 is 0.584 bits per heavy atom. The first-order valence-corrected chi connectivity index (χ1v) is 24.3. The summed E-state index contributed by atoms with van der Waals surface area (Å²) in [4.78, 5) is 55.0. The third-order valence-electron chi connectivity index (χ3n) is 13.1. The molecule has 20 atom stereocenters. The Morgan fingerprint density at radius 1 is 0.325 bits per heavy atom. The lowest BCUT2D eigenvalue weighted by atomic mass is 9.95. The third-order valence-corrected chi connectivity index (χ3v) is 13.1. The number of ether oxygens (including phenoxy) is 11. The van der Waals surface area contributed by atoms with Crippen LogP contribution in [0.5, 0.6) is 0 Å². The molecule has 416 valence electrons. The van der Waals surface area contributed by atoms with Gasteiger partial charge in [-0.1, -0.05) is 72.8 Å². The highest BCUT2D eigenvalue weighted by Crippen LogP contribution is 2.38. The maximum absolute atomic E-state index is 14.1. The number of hydrogen-bond donors (Lipinski definition) is 10. The maximum Gasteiger partial charge on any atom is 0.338 e. The van der Waals surface area contributed by atoms with Crippen LogP contribution in [-0.2, 0) is 52.1 Å². The zero-order chi connectivity index (χ0) is 54.9. The van der Waals surface area contributed by atoms with E-state index in [2.05, 4.69) is 0 Å². The van der Waals surface area contributed by atoms with Gasteiger partial charge in [-0.25, -0.2) is 19.2 Å². The molecule has 4 heterocycles. The molecule has 0 aliphatic carbocycles. The number of esters is 4. The molecule has 0 radical (unpaired) electrons. The fourth-order valence-electron chi connectivity index (χ4n) is 9.02. The van der Waals surface area contributed by atoms with Crippen LogP contribution in [0.3, 0.4) is 0 Å². The summed E-state index contributed by atoms with van der Waals surface area (Å²) in [7, 11) is 0. The van der Waals surface area contributed by atoms with Gasteiger partial charge in [0.15, 0.2) is 49.6 Å². The van der Waals surface area contributed by atoms with Crippen molar-refractivity contribution in [2.24, 2.45) is 0 Å². The number of carbonyl (C=O) groups excluding carboxylic acids is 4. The lowest BCUT2D eigenvalue weighted by Gasteiger charge is -2.50. The number of aliphatic hydroxyl groups is 10. The van der Waals surface area contributed by atoms with Gasteiger partial charge in [-0.15, -0.1) is 0 Å². The molecule has 10 N–H and O–H groups in total. The van der Waals surface area contributed by atoms with Crippen LogP contribution in [0, 0.1) is 0 Å². The van der Waals surface area contributed by atoms with Crippen LogP contribution in [0.15, 0.2) is 121 Å². The second-order valence-corrected chi connectivity index (χ2v) is 18.1. The van der Waals surface area contributed by atoms with Crippen LogP contribution < -0.4 is 0 Å². The molecule has 8 unspecified atom stereocenters. The quantitative estimate of drug-likeness (QED) is 0.0370. The van der Waals surface area contributed by atoms with Crippen LogP contribution in [0.25, 0.3) is 0 Å². The zero-order valence-electron chi connectivity index (χ0n) is 40.5. The Labute approximate surface area is 438 Å². The van der Waals surface area contributed by atoms with Crippen molar-refractivity contribution in [1.29, 1.82) is 0 Å². The molecule has 0 spiro atoms. The van der Waals surface area contributed by atoms with Crippen molar-refractivity contribution in [2.75, 3.05) is 26.4 Å². The normalized spacial score (nSPS) is 35.2. The molecule has 0 aromatic heterocycles. The van der Waals surface area contributed by atoms with E-state index in [0.29, 0.717) is 0 Å². The van der Waals surface area contributed by atoms with Gasteiger partial charge in [0.2, 0.25) is 0 Å². The Morgan fingerprint density at radius 3 is 0.909 bits per heavy atom. The minimum atomic E-state index is -2.18. The Balaban J connectivity index is 1.19. The van der Waals surface area contributed by atoms with Crippen LogP contribution in [-0.4, -0.2) is 224 Å². The van der Waals surface area contributed by atoms with E-state index >= 15 is 0 Å². The molecule has 4 aromatic rings. The van der Waals surface area contributed by atoms with Crippen LogP contribution in [0.4, 0.5) is 0 Å². The predicted octanol–water partition coefficient (Wildman–Crippen LogP) is -2.29. The van der Waals surface area contributed by atoms with E-state index in [1.807, 2.05) is 0 Å². The molecule has 4 aromatic carbocycles. The number of benzene rings is 4. The van der Waals surface area contributed by atoms with E-state index < -0.39 is 173 Å². The molecule has 0 saturated carbocycles. The highest BCUT2D eigenvalue weighted by atomic mass is 16.8. The van der Waals surface area contributed by atoms with Gasteiger partial charge in [-0.2, -0.15) is 0 Å². The first kappa shape index (κ1) is 57.3. The number of hydrogen-bond acceptors (Lipinski definition) is 25. The first-order chi connectivity index (χ1) is 37.1. The minimum Gasteiger partial charge on any atom is -0.450 e. The van der Waals surface area contributed by atoms with Crippen molar-refractivity contribution < 1.29 is 122 Å². The molecule has 25 heteroatoms. The topological polar surface area (TPSA) is 372 Å². The largest absolute Gasteiger partial charge is 0.450 e. The van der Waals surface area contributed by atoms with Gasteiger partial charge in [-0.3, -0.25) is 0 Å². The summed E-state index contributed by atoms with van der Waals surface area (Å²) in [6, 6.07) is 29.3. The van der Waals surface area contributed by atoms with E-state index in [1.165, 1.54) is 97.1 Å². The molecule has 4 aliphatic heterocycles. The molecular formula is C52H58O25. The van der Waals surface area contributed by atoms with E-state index in [4.69, 9.17) is 52.1 Å². The Bertz CT molecular complexity index is 2530. The molecule has 8 rings (SSSR count). The average Bonchev–Trinajstić information content (AvgIpc) is 3.48. The zero-order valence-corrected chi connectivity index (χ0v) is 40.5. The van der Waals surface area contributed by atoms with Crippen LogP contribution in [0.1, 0.15) is 41.4 Å². The van der Waals surface area contributed by atoms with Gasteiger partial charge in [-0.05, 0) is 48.5 Å². The number of aliphatic hydroxyl groups excluding tert-OH is 10. The lowest BCUT2D eigenvalue weighted by molar-refractivity contribution is -0.387. The van der Waals surface area contributed by atoms with Crippen molar-refractivity contribution >= 4 is 23.9 Å². The molecule has 4 saturated heterocycles.